The fraction of sp³-hybridized carbons (Fsp3) is 0.409. The minimum Gasteiger partial charge on any atom is -0.375 e. The minimum absolute atomic E-state index is 0.312. The molecule has 6 nitrogen and oxygen atoms in total. The molecule has 0 fully saturated rings. The molecule has 0 saturated heterocycles. The van der Waals surface area contributed by atoms with Crippen molar-refractivity contribution in [3.05, 3.63) is 65.2 Å². The van der Waals surface area contributed by atoms with Gasteiger partial charge in [0.15, 0.2) is 0 Å². The van der Waals surface area contributed by atoms with Crippen LogP contribution in [0.2, 0.25) is 0 Å². The lowest BCUT2D eigenvalue weighted by Gasteiger charge is -2.30. The molecule has 7 heteroatoms. The van der Waals surface area contributed by atoms with Gasteiger partial charge >= 0.3 is 0 Å². The van der Waals surface area contributed by atoms with E-state index in [1.807, 2.05) is 50.2 Å². The molecule has 0 aliphatic rings. The van der Waals surface area contributed by atoms with E-state index in [-0.39, 0.29) is 5.91 Å². The van der Waals surface area contributed by atoms with Crippen molar-refractivity contribution in [3.63, 3.8) is 0 Å². The molecule has 0 aromatic heterocycles. The molecule has 0 saturated carbocycles. The van der Waals surface area contributed by atoms with Crippen LogP contribution in [-0.4, -0.2) is 39.8 Å². The summed E-state index contributed by atoms with van der Waals surface area (Å²) in [6.45, 7) is 6.81. The number of hydrogen-bond donors (Lipinski definition) is 1. The van der Waals surface area contributed by atoms with Crippen LogP contribution in [-0.2, 0) is 26.2 Å². The third-order valence-corrected chi connectivity index (χ3v) is 5.91. The Morgan fingerprint density at radius 3 is 2.38 bits per heavy atom. The van der Waals surface area contributed by atoms with Crippen molar-refractivity contribution in [2.45, 2.75) is 39.8 Å². The average Bonchev–Trinajstić information content (AvgIpc) is 2.67. The van der Waals surface area contributed by atoms with Gasteiger partial charge in [0.2, 0.25) is 15.9 Å². The van der Waals surface area contributed by atoms with Gasteiger partial charge in [0, 0.05) is 6.54 Å². The van der Waals surface area contributed by atoms with Gasteiger partial charge in [0.1, 0.15) is 6.04 Å². The van der Waals surface area contributed by atoms with Crippen LogP contribution in [0.1, 0.15) is 30.0 Å². The molecule has 1 amide bonds. The second-order valence-corrected chi connectivity index (χ2v) is 8.94. The number of rotatable bonds is 10. The molecule has 1 atom stereocenters. The zero-order valence-corrected chi connectivity index (χ0v) is 18.3. The van der Waals surface area contributed by atoms with E-state index in [0.29, 0.717) is 31.9 Å². The molecule has 29 heavy (non-hydrogen) atoms. The number of nitrogens with zero attached hydrogens (tertiary/aromatic N) is 1. The van der Waals surface area contributed by atoms with Gasteiger partial charge in [-0.1, -0.05) is 43.3 Å². The molecule has 158 valence electrons. The summed E-state index contributed by atoms with van der Waals surface area (Å²) >= 11 is 0. The third kappa shape index (κ3) is 6.58. The Hall–Kier alpha value is -2.38. The van der Waals surface area contributed by atoms with Crippen molar-refractivity contribution in [3.8, 4) is 0 Å². The fourth-order valence-corrected chi connectivity index (χ4v) is 4.26. The summed E-state index contributed by atoms with van der Waals surface area (Å²) in [6, 6.07) is 14.4. The normalized spacial score (nSPS) is 12.4. The highest BCUT2D eigenvalue weighted by atomic mass is 32.2. The predicted molar refractivity (Wildman–Crippen MR) is 116 cm³/mol. The van der Waals surface area contributed by atoms with Crippen LogP contribution in [0.3, 0.4) is 0 Å². The maximum atomic E-state index is 12.7. The summed E-state index contributed by atoms with van der Waals surface area (Å²) < 4.78 is 31.8. The number of ether oxygens (including phenoxy) is 1. The Balaban J connectivity index is 2.01. The lowest BCUT2D eigenvalue weighted by Crippen LogP contribution is -2.49. The van der Waals surface area contributed by atoms with Gasteiger partial charge in [0.05, 0.1) is 25.2 Å². The maximum absolute atomic E-state index is 12.7. The first-order valence-corrected chi connectivity index (χ1v) is 11.5. The number of nitrogens with one attached hydrogen (secondary N) is 1. The summed E-state index contributed by atoms with van der Waals surface area (Å²) in [5.74, 6) is -0.334. The van der Waals surface area contributed by atoms with Crippen molar-refractivity contribution < 1.29 is 17.9 Å². The number of amides is 1. The Bertz CT molecular complexity index is 914. The number of benzene rings is 2. The highest BCUT2D eigenvalue weighted by Crippen LogP contribution is 2.25. The second kappa shape index (κ2) is 10.4. The molecule has 0 radical (unpaired) electrons. The first-order valence-electron chi connectivity index (χ1n) is 9.70. The Morgan fingerprint density at radius 2 is 1.79 bits per heavy atom. The van der Waals surface area contributed by atoms with Gasteiger partial charge in [-0.05, 0) is 49.1 Å². The van der Waals surface area contributed by atoms with Crippen molar-refractivity contribution in [1.82, 2.24) is 5.32 Å². The molecule has 0 unspecified atom stereocenters. The Kier molecular flexibility index (Phi) is 8.22. The Labute approximate surface area is 173 Å². The first kappa shape index (κ1) is 22.9. The number of anilines is 1. The minimum atomic E-state index is -3.63. The summed E-state index contributed by atoms with van der Waals surface area (Å²) in [5, 5.41) is 2.80. The molecule has 2 aromatic rings. The highest BCUT2D eigenvalue weighted by Gasteiger charge is 2.31. The van der Waals surface area contributed by atoms with E-state index < -0.39 is 16.1 Å². The third-order valence-electron chi connectivity index (χ3n) is 4.73. The van der Waals surface area contributed by atoms with Gasteiger partial charge in [0.25, 0.3) is 0 Å². The van der Waals surface area contributed by atoms with Crippen LogP contribution >= 0.6 is 0 Å². The van der Waals surface area contributed by atoms with Crippen LogP contribution in [0.4, 0.5) is 5.69 Å². The zero-order valence-electron chi connectivity index (χ0n) is 17.5. The van der Waals surface area contributed by atoms with E-state index in [4.69, 9.17) is 4.74 Å². The van der Waals surface area contributed by atoms with Crippen LogP contribution in [0.5, 0.6) is 0 Å². The maximum Gasteiger partial charge on any atom is 0.243 e. The van der Waals surface area contributed by atoms with Gasteiger partial charge < -0.3 is 10.1 Å². The molecule has 2 rings (SSSR count). The SMILES string of the molecule is CC[C@@H](C(=O)NCCOCc1ccccc1)N(c1ccc(C)c(C)c1)S(C)(=O)=O. The summed E-state index contributed by atoms with van der Waals surface area (Å²) in [5.41, 5.74) is 3.59. The van der Waals surface area contributed by atoms with Gasteiger partial charge in [-0.3, -0.25) is 9.10 Å². The first-order chi connectivity index (χ1) is 13.7. The van der Waals surface area contributed by atoms with Gasteiger partial charge in [-0.25, -0.2) is 8.42 Å². The van der Waals surface area contributed by atoms with E-state index in [0.717, 1.165) is 22.9 Å². The Morgan fingerprint density at radius 1 is 1.10 bits per heavy atom. The predicted octanol–water partition coefficient (Wildman–Crippen LogP) is 3.18. The van der Waals surface area contributed by atoms with Crippen LogP contribution in [0.25, 0.3) is 0 Å². The molecule has 0 spiro atoms. The fourth-order valence-electron chi connectivity index (χ4n) is 3.05. The highest BCUT2D eigenvalue weighted by molar-refractivity contribution is 7.92. The van der Waals surface area contributed by atoms with Crippen molar-refractivity contribution in [2.75, 3.05) is 23.7 Å². The quantitative estimate of drug-likeness (QED) is 0.601. The lowest BCUT2D eigenvalue weighted by molar-refractivity contribution is -0.122. The number of carbonyl (C=O) groups is 1. The van der Waals surface area contributed by atoms with Crippen LogP contribution < -0.4 is 9.62 Å². The van der Waals surface area contributed by atoms with E-state index in [1.54, 1.807) is 19.1 Å². The molecule has 0 aliphatic heterocycles. The summed E-state index contributed by atoms with van der Waals surface area (Å²) in [6.07, 6.45) is 1.48. The van der Waals surface area contributed by atoms with Crippen molar-refractivity contribution >= 4 is 21.6 Å². The molecular weight excluding hydrogens is 388 g/mol. The largest absolute Gasteiger partial charge is 0.375 e. The van der Waals surface area contributed by atoms with E-state index >= 15 is 0 Å². The van der Waals surface area contributed by atoms with Gasteiger partial charge in [-0.15, -0.1) is 0 Å². The molecule has 1 N–H and O–H groups in total. The smallest absolute Gasteiger partial charge is 0.243 e. The molecule has 2 aromatic carbocycles. The number of carbonyl (C=O) groups excluding carboxylic acids is 1. The standard InChI is InChI=1S/C22H30N2O4S/c1-5-21(22(25)23-13-14-28-16-19-9-7-6-8-10-19)24(29(4,26)27)20-12-11-17(2)18(3)15-20/h6-12,15,21H,5,13-14,16H2,1-4H3,(H,23,25)/t21-/m0/s1. The molecule has 0 aliphatic carbocycles. The monoisotopic (exact) mass is 418 g/mol. The second-order valence-electron chi connectivity index (χ2n) is 7.08. The number of hydrogen-bond acceptors (Lipinski definition) is 4. The van der Waals surface area contributed by atoms with Crippen LogP contribution in [0.15, 0.2) is 48.5 Å². The van der Waals surface area contributed by atoms with E-state index in [9.17, 15) is 13.2 Å². The zero-order chi connectivity index (χ0) is 21.4. The van der Waals surface area contributed by atoms with Crippen molar-refractivity contribution in [1.29, 1.82) is 0 Å². The molecule has 0 bridgehead atoms. The lowest BCUT2D eigenvalue weighted by atomic mass is 10.1. The summed E-state index contributed by atoms with van der Waals surface area (Å²) in [7, 11) is -3.63. The topological polar surface area (TPSA) is 75.7 Å². The summed E-state index contributed by atoms with van der Waals surface area (Å²) in [4.78, 5) is 12.7. The van der Waals surface area contributed by atoms with Gasteiger partial charge in [-0.2, -0.15) is 0 Å². The number of sulfonamides is 1. The van der Waals surface area contributed by atoms with E-state index in [2.05, 4.69) is 5.32 Å². The number of aryl methyl sites for hydroxylation is 2. The molecular formula is C22H30N2O4S. The van der Waals surface area contributed by atoms with Crippen LogP contribution in [0, 0.1) is 13.8 Å². The van der Waals surface area contributed by atoms with E-state index in [1.165, 1.54) is 4.31 Å². The van der Waals surface area contributed by atoms with Crippen molar-refractivity contribution in [2.24, 2.45) is 0 Å². The average molecular weight is 419 g/mol. The molecule has 0 heterocycles.